The monoisotopic (exact) mass is 243 g/mol. The molecule has 0 unspecified atom stereocenters. The van der Waals surface area contributed by atoms with E-state index in [9.17, 15) is 4.79 Å². The van der Waals surface area contributed by atoms with Crippen molar-refractivity contribution in [1.82, 2.24) is 4.98 Å². The number of ether oxygens (including phenoxy) is 1. The minimum atomic E-state index is -0.491. The van der Waals surface area contributed by atoms with Gasteiger partial charge in [-0.2, -0.15) is 0 Å². The second-order valence-corrected chi connectivity index (χ2v) is 5.33. The molecule has 0 N–H and O–H groups in total. The Bertz CT molecular complexity index is 597. The maximum Gasteiger partial charge on any atom is 0.339 e. The summed E-state index contributed by atoms with van der Waals surface area (Å²) >= 11 is 0. The normalized spacial score (nSPS) is 11.6. The van der Waals surface area contributed by atoms with Crippen molar-refractivity contribution in [2.75, 3.05) is 0 Å². The van der Waals surface area contributed by atoms with Gasteiger partial charge in [0, 0.05) is 11.1 Å². The van der Waals surface area contributed by atoms with Crippen molar-refractivity contribution in [3.8, 4) is 0 Å². The van der Waals surface area contributed by atoms with Gasteiger partial charge in [0.1, 0.15) is 5.60 Å². The number of aromatic nitrogens is 1. The fraction of sp³-hybridized carbons (Fsp3) is 0.333. The van der Waals surface area contributed by atoms with Crippen LogP contribution in [0.2, 0.25) is 0 Å². The standard InChI is InChI=1S/C15H17NO2/c1-10-9-12(14(17)18-15(2,3)4)11-7-5-6-8-13(11)16-10/h5-9H,1-4H3. The van der Waals surface area contributed by atoms with Gasteiger partial charge in [-0.25, -0.2) is 4.79 Å². The molecule has 0 saturated carbocycles. The number of hydrogen-bond donors (Lipinski definition) is 0. The number of carbonyl (C=O) groups excluding carboxylic acids is 1. The molecule has 3 nitrogen and oxygen atoms in total. The summed E-state index contributed by atoms with van der Waals surface area (Å²) < 4.78 is 5.42. The summed E-state index contributed by atoms with van der Waals surface area (Å²) in [4.78, 5) is 16.6. The first-order valence-electron chi connectivity index (χ1n) is 5.96. The highest BCUT2D eigenvalue weighted by molar-refractivity contribution is 6.03. The van der Waals surface area contributed by atoms with Crippen LogP contribution in [0.3, 0.4) is 0 Å². The van der Waals surface area contributed by atoms with Crippen LogP contribution in [-0.4, -0.2) is 16.6 Å². The second-order valence-electron chi connectivity index (χ2n) is 5.33. The van der Waals surface area contributed by atoms with Crippen LogP contribution in [0.4, 0.5) is 0 Å². The van der Waals surface area contributed by atoms with E-state index in [2.05, 4.69) is 4.98 Å². The third-order valence-corrected chi connectivity index (χ3v) is 2.46. The highest BCUT2D eigenvalue weighted by Gasteiger charge is 2.20. The minimum absolute atomic E-state index is 0.302. The van der Waals surface area contributed by atoms with Crippen molar-refractivity contribution >= 4 is 16.9 Å². The molecule has 0 aliphatic carbocycles. The summed E-state index contributed by atoms with van der Waals surface area (Å²) in [6.45, 7) is 7.46. The lowest BCUT2D eigenvalue weighted by molar-refractivity contribution is 0.00717. The smallest absolute Gasteiger partial charge is 0.339 e. The molecule has 3 heteroatoms. The molecule has 2 aromatic rings. The van der Waals surface area contributed by atoms with Gasteiger partial charge in [0.05, 0.1) is 11.1 Å². The summed E-state index contributed by atoms with van der Waals surface area (Å²) in [6.07, 6.45) is 0. The second kappa shape index (κ2) is 4.41. The van der Waals surface area contributed by atoms with E-state index in [0.717, 1.165) is 16.6 Å². The van der Waals surface area contributed by atoms with Gasteiger partial charge in [-0.05, 0) is 39.8 Å². The zero-order chi connectivity index (χ0) is 13.3. The van der Waals surface area contributed by atoms with Crippen LogP contribution in [-0.2, 0) is 4.74 Å². The molecule has 0 saturated heterocycles. The third kappa shape index (κ3) is 2.67. The fourth-order valence-corrected chi connectivity index (χ4v) is 1.81. The van der Waals surface area contributed by atoms with Crippen LogP contribution in [0.15, 0.2) is 30.3 Å². The van der Waals surface area contributed by atoms with Gasteiger partial charge in [-0.3, -0.25) is 4.98 Å². The number of fused-ring (bicyclic) bond motifs is 1. The molecule has 0 bridgehead atoms. The van der Waals surface area contributed by atoms with Gasteiger partial charge in [-0.1, -0.05) is 18.2 Å². The highest BCUT2D eigenvalue weighted by Crippen LogP contribution is 2.21. The lowest BCUT2D eigenvalue weighted by atomic mass is 10.1. The number of pyridine rings is 1. The van der Waals surface area contributed by atoms with E-state index in [-0.39, 0.29) is 5.97 Å². The first-order chi connectivity index (χ1) is 8.37. The van der Waals surface area contributed by atoms with Gasteiger partial charge < -0.3 is 4.74 Å². The Kier molecular flexibility index (Phi) is 3.07. The Morgan fingerprint density at radius 3 is 2.56 bits per heavy atom. The Hall–Kier alpha value is -1.90. The molecule has 0 aliphatic rings. The van der Waals surface area contributed by atoms with Crippen molar-refractivity contribution in [1.29, 1.82) is 0 Å². The van der Waals surface area contributed by atoms with Gasteiger partial charge in [0.2, 0.25) is 0 Å². The molecule has 1 aromatic heterocycles. The first-order valence-corrected chi connectivity index (χ1v) is 5.96. The van der Waals surface area contributed by atoms with Crippen molar-refractivity contribution in [2.45, 2.75) is 33.3 Å². The molecule has 0 radical (unpaired) electrons. The molecule has 1 heterocycles. The van der Waals surface area contributed by atoms with Gasteiger partial charge >= 0.3 is 5.97 Å². The zero-order valence-electron chi connectivity index (χ0n) is 11.2. The molecular formula is C15H17NO2. The van der Waals surface area contributed by atoms with Crippen molar-refractivity contribution in [3.05, 3.63) is 41.6 Å². The van der Waals surface area contributed by atoms with Gasteiger partial charge in [-0.15, -0.1) is 0 Å². The Morgan fingerprint density at radius 1 is 1.22 bits per heavy atom. The number of hydrogen-bond acceptors (Lipinski definition) is 3. The van der Waals surface area contributed by atoms with E-state index in [1.165, 1.54) is 0 Å². The summed E-state index contributed by atoms with van der Waals surface area (Å²) in [5.74, 6) is -0.302. The topological polar surface area (TPSA) is 39.2 Å². The van der Waals surface area contributed by atoms with Crippen LogP contribution >= 0.6 is 0 Å². The van der Waals surface area contributed by atoms with Gasteiger partial charge in [0.15, 0.2) is 0 Å². The lowest BCUT2D eigenvalue weighted by Gasteiger charge is -2.20. The van der Waals surface area contributed by atoms with E-state index < -0.39 is 5.60 Å². The molecule has 94 valence electrons. The maximum absolute atomic E-state index is 12.2. The number of benzene rings is 1. The minimum Gasteiger partial charge on any atom is -0.456 e. The third-order valence-electron chi connectivity index (χ3n) is 2.46. The van der Waals surface area contributed by atoms with E-state index in [0.29, 0.717) is 5.56 Å². The summed E-state index contributed by atoms with van der Waals surface area (Å²) in [6, 6.07) is 9.37. The largest absolute Gasteiger partial charge is 0.456 e. The van der Waals surface area contributed by atoms with Crippen LogP contribution in [0.25, 0.3) is 10.9 Å². The number of esters is 1. The van der Waals surface area contributed by atoms with Gasteiger partial charge in [0.25, 0.3) is 0 Å². The summed E-state index contributed by atoms with van der Waals surface area (Å²) in [5.41, 5.74) is 1.72. The van der Waals surface area contributed by atoms with Crippen LogP contribution < -0.4 is 0 Å². The van der Waals surface area contributed by atoms with Crippen LogP contribution in [0.5, 0.6) is 0 Å². The lowest BCUT2D eigenvalue weighted by Crippen LogP contribution is -2.24. The maximum atomic E-state index is 12.2. The van der Waals surface area contributed by atoms with Crippen molar-refractivity contribution in [2.24, 2.45) is 0 Å². The predicted molar refractivity (Wildman–Crippen MR) is 71.6 cm³/mol. The van der Waals surface area contributed by atoms with E-state index in [4.69, 9.17) is 4.74 Å². The molecule has 2 rings (SSSR count). The number of rotatable bonds is 1. The van der Waals surface area contributed by atoms with Crippen LogP contribution in [0, 0.1) is 6.92 Å². The molecule has 0 aliphatic heterocycles. The molecule has 0 atom stereocenters. The van der Waals surface area contributed by atoms with Crippen molar-refractivity contribution in [3.63, 3.8) is 0 Å². The molecule has 0 amide bonds. The quantitative estimate of drug-likeness (QED) is 0.719. The summed E-state index contributed by atoms with van der Waals surface area (Å²) in [7, 11) is 0. The van der Waals surface area contributed by atoms with Crippen LogP contribution in [0.1, 0.15) is 36.8 Å². The van der Waals surface area contributed by atoms with Crippen molar-refractivity contribution < 1.29 is 9.53 Å². The Labute approximate surface area is 107 Å². The Balaban J connectivity index is 2.53. The Morgan fingerprint density at radius 2 is 1.89 bits per heavy atom. The number of aryl methyl sites for hydroxylation is 1. The molecule has 0 spiro atoms. The first kappa shape index (κ1) is 12.6. The molecular weight excluding hydrogens is 226 g/mol. The fourth-order valence-electron chi connectivity index (χ4n) is 1.81. The molecule has 1 aromatic carbocycles. The highest BCUT2D eigenvalue weighted by atomic mass is 16.6. The molecule has 18 heavy (non-hydrogen) atoms. The summed E-state index contributed by atoms with van der Waals surface area (Å²) in [5, 5.41) is 0.831. The molecule has 0 fully saturated rings. The predicted octanol–water partition coefficient (Wildman–Crippen LogP) is 3.50. The zero-order valence-corrected chi connectivity index (χ0v) is 11.2. The van der Waals surface area contributed by atoms with E-state index >= 15 is 0 Å². The number of carbonyl (C=O) groups is 1. The van der Waals surface area contributed by atoms with E-state index in [1.807, 2.05) is 52.0 Å². The SMILES string of the molecule is Cc1cc(C(=O)OC(C)(C)C)c2ccccc2n1. The number of nitrogens with zero attached hydrogens (tertiary/aromatic N) is 1. The van der Waals surface area contributed by atoms with E-state index in [1.54, 1.807) is 6.07 Å². The average Bonchev–Trinajstić information content (AvgIpc) is 2.25. The average molecular weight is 243 g/mol. The number of para-hydroxylation sites is 1.